The maximum atomic E-state index is 11.0. The number of nitrogens with two attached hydrogens (primary N) is 1. The highest BCUT2D eigenvalue weighted by atomic mass is 16.2. The van der Waals surface area contributed by atoms with Gasteiger partial charge in [0.05, 0.1) is 5.69 Å². The number of carbonyl (C=O) groups is 1. The zero-order valence-corrected chi connectivity index (χ0v) is 9.92. The normalized spacial score (nSPS) is 23.4. The van der Waals surface area contributed by atoms with Crippen molar-refractivity contribution in [2.45, 2.75) is 20.0 Å². The second-order valence-corrected chi connectivity index (χ2v) is 4.16. The highest BCUT2D eigenvalue weighted by Crippen LogP contribution is 2.26. The molecule has 90 valence electrons. The van der Waals surface area contributed by atoms with Gasteiger partial charge in [-0.25, -0.2) is 9.80 Å². The summed E-state index contributed by atoms with van der Waals surface area (Å²) in [5, 5.41) is 8.97. The maximum Gasteiger partial charge on any atom is 0.313 e. The summed E-state index contributed by atoms with van der Waals surface area (Å²) in [5.41, 5.74) is 7.11. The average molecular weight is 232 g/mol. The van der Waals surface area contributed by atoms with Crippen LogP contribution in [-0.4, -0.2) is 17.9 Å². The number of amides is 2. The SMILES string of the molecule is CC1=NN(c2ccccc2)C(NC(N)=O)C1C. The number of anilines is 1. The van der Waals surface area contributed by atoms with Crippen LogP contribution in [0.15, 0.2) is 35.4 Å². The molecular formula is C12H16N4O. The largest absolute Gasteiger partial charge is 0.352 e. The molecule has 0 aromatic heterocycles. The molecule has 0 fully saturated rings. The molecule has 2 unspecified atom stereocenters. The van der Waals surface area contributed by atoms with Gasteiger partial charge in [-0.3, -0.25) is 0 Å². The predicted molar refractivity (Wildman–Crippen MR) is 67.7 cm³/mol. The van der Waals surface area contributed by atoms with E-state index in [1.807, 2.05) is 44.2 Å². The number of hydrogen-bond acceptors (Lipinski definition) is 3. The van der Waals surface area contributed by atoms with E-state index in [2.05, 4.69) is 10.4 Å². The van der Waals surface area contributed by atoms with Gasteiger partial charge < -0.3 is 11.1 Å². The van der Waals surface area contributed by atoms with Crippen molar-refractivity contribution < 1.29 is 4.79 Å². The van der Waals surface area contributed by atoms with Crippen LogP contribution in [0, 0.1) is 5.92 Å². The van der Waals surface area contributed by atoms with Crippen molar-refractivity contribution in [2.75, 3.05) is 5.01 Å². The number of hydrazone groups is 1. The van der Waals surface area contributed by atoms with Gasteiger partial charge in [0.15, 0.2) is 0 Å². The molecule has 0 radical (unpaired) electrons. The molecule has 17 heavy (non-hydrogen) atoms. The molecule has 2 rings (SSSR count). The van der Waals surface area contributed by atoms with Gasteiger partial charge in [-0.2, -0.15) is 5.10 Å². The molecule has 2 amide bonds. The summed E-state index contributed by atoms with van der Waals surface area (Å²) in [7, 11) is 0. The molecule has 1 aliphatic rings. The molecular weight excluding hydrogens is 216 g/mol. The molecule has 0 saturated heterocycles. The Hall–Kier alpha value is -2.04. The quantitative estimate of drug-likeness (QED) is 0.811. The maximum absolute atomic E-state index is 11.0. The Morgan fingerprint density at radius 3 is 2.65 bits per heavy atom. The van der Waals surface area contributed by atoms with Crippen LogP contribution in [0.3, 0.4) is 0 Å². The third-order valence-corrected chi connectivity index (χ3v) is 2.97. The molecule has 3 N–H and O–H groups in total. The summed E-state index contributed by atoms with van der Waals surface area (Å²) in [6, 6.07) is 9.17. The van der Waals surface area contributed by atoms with E-state index in [9.17, 15) is 4.79 Å². The number of urea groups is 1. The first kappa shape index (κ1) is 11.4. The highest BCUT2D eigenvalue weighted by molar-refractivity contribution is 5.89. The third kappa shape index (κ3) is 2.22. The minimum atomic E-state index is -0.535. The van der Waals surface area contributed by atoms with E-state index in [0.717, 1.165) is 11.4 Å². The molecule has 5 nitrogen and oxygen atoms in total. The molecule has 2 atom stereocenters. The zero-order valence-electron chi connectivity index (χ0n) is 9.92. The summed E-state index contributed by atoms with van der Waals surface area (Å²) < 4.78 is 0. The molecule has 0 aliphatic carbocycles. The second kappa shape index (κ2) is 4.45. The third-order valence-electron chi connectivity index (χ3n) is 2.97. The smallest absolute Gasteiger partial charge is 0.313 e. The summed E-state index contributed by atoms with van der Waals surface area (Å²) in [4.78, 5) is 11.0. The molecule has 0 bridgehead atoms. The van der Waals surface area contributed by atoms with Crippen LogP contribution in [0.2, 0.25) is 0 Å². The summed E-state index contributed by atoms with van der Waals surface area (Å²) in [6.45, 7) is 3.96. The van der Waals surface area contributed by atoms with E-state index in [1.165, 1.54) is 0 Å². The number of hydrogen-bond donors (Lipinski definition) is 2. The monoisotopic (exact) mass is 232 g/mol. The summed E-state index contributed by atoms with van der Waals surface area (Å²) >= 11 is 0. The van der Waals surface area contributed by atoms with E-state index in [1.54, 1.807) is 5.01 Å². The minimum Gasteiger partial charge on any atom is -0.352 e. The van der Waals surface area contributed by atoms with Crippen LogP contribution >= 0.6 is 0 Å². The lowest BCUT2D eigenvalue weighted by Crippen LogP contribution is -2.49. The van der Waals surface area contributed by atoms with Gasteiger partial charge >= 0.3 is 6.03 Å². The van der Waals surface area contributed by atoms with Crippen molar-refractivity contribution in [1.82, 2.24) is 5.32 Å². The Balaban J connectivity index is 2.28. The van der Waals surface area contributed by atoms with Crippen molar-refractivity contribution in [3.8, 4) is 0 Å². The van der Waals surface area contributed by atoms with Gasteiger partial charge in [0.2, 0.25) is 0 Å². The molecule has 1 heterocycles. The highest BCUT2D eigenvalue weighted by Gasteiger charge is 2.33. The van der Waals surface area contributed by atoms with Crippen LogP contribution in [0.1, 0.15) is 13.8 Å². The standard InChI is InChI=1S/C12H16N4O/c1-8-9(2)15-16(11(8)14-12(13)17)10-6-4-3-5-7-10/h3-8,11H,1-2H3,(H3,13,14,17). The fraction of sp³-hybridized carbons (Fsp3) is 0.333. The molecule has 1 aromatic carbocycles. The first-order valence-electron chi connectivity index (χ1n) is 5.55. The van der Waals surface area contributed by atoms with Gasteiger partial charge in [-0.15, -0.1) is 0 Å². The van der Waals surface area contributed by atoms with Crippen molar-refractivity contribution in [2.24, 2.45) is 16.8 Å². The van der Waals surface area contributed by atoms with Crippen LogP contribution in [0.5, 0.6) is 0 Å². The fourth-order valence-electron chi connectivity index (χ4n) is 1.89. The Morgan fingerprint density at radius 1 is 1.41 bits per heavy atom. The van der Waals surface area contributed by atoms with Crippen LogP contribution in [0.4, 0.5) is 10.5 Å². The minimum absolute atomic E-state index is 0.141. The van der Waals surface area contributed by atoms with Gasteiger partial charge in [0.1, 0.15) is 6.17 Å². The lowest BCUT2D eigenvalue weighted by atomic mass is 10.0. The number of benzene rings is 1. The number of nitrogens with zero attached hydrogens (tertiary/aromatic N) is 2. The van der Waals surface area contributed by atoms with E-state index in [-0.39, 0.29) is 12.1 Å². The average Bonchev–Trinajstić information content (AvgIpc) is 2.58. The number of carbonyl (C=O) groups excluding carboxylic acids is 1. The molecule has 5 heteroatoms. The first-order chi connectivity index (χ1) is 8.09. The summed E-state index contributed by atoms with van der Waals surface area (Å²) in [5.74, 6) is 0.141. The first-order valence-corrected chi connectivity index (χ1v) is 5.55. The van der Waals surface area contributed by atoms with Crippen LogP contribution < -0.4 is 16.1 Å². The van der Waals surface area contributed by atoms with E-state index in [4.69, 9.17) is 5.73 Å². The Bertz CT molecular complexity index is 443. The fourth-order valence-corrected chi connectivity index (χ4v) is 1.89. The van der Waals surface area contributed by atoms with Gasteiger partial charge in [-0.1, -0.05) is 25.1 Å². The predicted octanol–water partition coefficient (Wildman–Crippen LogP) is 1.51. The zero-order chi connectivity index (χ0) is 12.4. The van der Waals surface area contributed by atoms with E-state index >= 15 is 0 Å². The van der Waals surface area contributed by atoms with Crippen molar-refractivity contribution >= 4 is 17.4 Å². The Morgan fingerprint density at radius 2 is 2.06 bits per heavy atom. The molecule has 1 aliphatic heterocycles. The lowest BCUT2D eigenvalue weighted by Gasteiger charge is -2.26. The number of nitrogens with one attached hydrogen (secondary N) is 1. The summed E-state index contributed by atoms with van der Waals surface area (Å²) in [6.07, 6.45) is -0.213. The van der Waals surface area contributed by atoms with Crippen LogP contribution in [-0.2, 0) is 0 Å². The van der Waals surface area contributed by atoms with E-state index < -0.39 is 6.03 Å². The Kier molecular flexibility index (Phi) is 2.99. The molecule has 0 saturated carbocycles. The number of rotatable bonds is 2. The molecule has 0 spiro atoms. The molecule has 1 aromatic rings. The van der Waals surface area contributed by atoms with Gasteiger partial charge in [-0.05, 0) is 19.1 Å². The van der Waals surface area contributed by atoms with Crippen molar-refractivity contribution in [3.05, 3.63) is 30.3 Å². The second-order valence-electron chi connectivity index (χ2n) is 4.16. The Labute approximate surface area is 100 Å². The van der Waals surface area contributed by atoms with Crippen LogP contribution in [0.25, 0.3) is 0 Å². The van der Waals surface area contributed by atoms with Gasteiger partial charge in [0.25, 0.3) is 0 Å². The van der Waals surface area contributed by atoms with Crippen molar-refractivity contribution in [1.29, 1.82) is 0 Å². The van der Waals surface area contributed by atoms with Crippen molar-refractivity contribution in [3.63, 3.8) is 0 Å². The lowest BCUT2D eigenvalue weighted by molar-refractivity contribution is 0.243. The topological polar surface area (TPSA) is 70.7 Å². The van der Waals surface area contributed by atoms with E-state index in [0.29, 0.717) is 0 Å². The number of para-hydroxylation sites is 1. The number of primary amides is 1. The van der Waals surface area contributed by atoms with Gasteiger partial charge in [0, 0.05) is 11.6 Å².